The molecule has 0 saturated carbocycles. The summed E-state index contributed by atoms with van der Waals surface area (Å²) in [5.41, 5.74) is 7.41. The summed E-state index contributed by atoms with van der Waals surface area (Å²) in [6, 6.07) is 11.2. The number of piperidine rings is 1. The van der Waals surface area contributed by atoms with Crippen molar-refractivity contribution in [2.45, 2.75) is 31.7 Å². The molecule has 1 unspecified atom stereocenters. The highest BCUT2D eigenvalue weighted by atomic mass is 16.5. The number of hydrogen-bond donors (Lipinski definition) is 1. The number of ether oxygens (including phenoxy) is 1. The van der Waals surface area contributed by atoms with Crippen molar-refractivity contribution in [2.75, 3.05) is 33.4 Å². The van der Waals surface area contributed by atoms with E-state index in [9.17, 15) is 0 Å². The van der Waals surface area contributed by atoms with E-state index < -0.39 is 0 Å². The van der Waals surface area contributed by atoms with Crippen LogP contribution < -0.4 is 5.73 Å². The minimum absolute atomic E-state index is 0.527. The van der Waals surface area contributed by atoms with Gasteiger partial charge >= 0.3 is 0 Å². The highest BCUT2D eigenvalue weighted by molar-refractivity contribution is 5.14. The molecule has 0 bridgehead atoms. The Labute approximate surface area is 123 Å². The van der Waals surface area contributed by atoms with Crippen LogP contribution in [0.4, 0.5) is 0 Å². The monoisotopic (exact) mass is 276 g/mol. The largest absolute Gasteiger partial charge is 0.384 e. The Morgan fingerprint density at radius 3 is 2.55 bits per heavy atom. The van der Waals surface area contributed by atoms with E-state index >= 15 is 0 Å². The van der Waals surface area contributed by atoms with Gasteiger partial charge in [-0.1, -0.05) is 30.3 Å². The van der Waals surface area contributed by atoms with Crippen LogP contribution in [0.25, 0.3) is 0 Å². The van der Waals surface area contributed by atoms with E-state index in [1.54, 1.807) is 7.11 Å². The summed E-state index contributed by atoms with van der Waals surface area (Å²) in [5.74, 6) is 0.740. The van der Waals surface area contributed by atoms with Gasteiger partial charge in [-0.2, -0.15) is 0 Å². The van der Waals surface area contributed by atoms with Gasteiger partial charge in [0.25, 0.3) is 0 Å². The first-order valence-corrected chi connectivity index (χ1v) is 7.80. The van der Waals surface area contributed by atoms with Crippen LogP contribution in [0.3, 0.4) is 0 Å². The van der Waals surface area contributed by atoms with Crippen LogP contribution in [0.5, 0.6) is 0 Å². The number of rotatable bonds is 7. The third kappa shape index (κ3) is 4.58. The predicted molar refractivity (Wildman–Crippen MR) is 83.8 cm³/mol. The van der Waals surface area contributed by atoms with Crippen LogP contribution >= 0.6 is 0 Å². The molecule has 2 N–H and O–H groups in total. The quantitative estimate of drug-likeness (QED) is 0.830. The summed E-state index contributed by atoms with van der Waals surface area (Å²) in [7, 11) is 1.80. The molecule has 0 amide bonds. The van der Waals surface area contributed by atoms with E-state index in [4.69, 9.17) is 10.5 Å². The molecule has 1 aromatic carbocycles. The molecule has 0 radical (unpaired) electrons. The maximum absolute atomic E-state index is 5.99. The number of benzene rings is 1. The first-order chi connectivity index (χ1) is 9.83. The Balaban J connectivity index is 1.77. The molecular weight excluding hydrogens is 248 g/mol. The molecule has 1 heterocycles. The molecule has 0 aromatic heterocycles. The van der Waals surface area contributed by atoms with Crippen LogP contribution in [-0.4, -0.2) is 44.3 Å². The predicted octanol–water partition coefficient (Wildman–Crippen LogP) is 2.30. The Morgan fingerprint density at radius 2 is 1.95 bits per heavy atom. The first-order valence-electron chi connectivity index (χ1n) is 7.80. The zero-order chi connectivity index (χ0) is 14.2. The molecule has 1 aliphatic heterocycles. The molecule has 0 spiro atoms. The molecule has 0 aliphatic carbocycles. The molecule has 1 aromatic rings. The molecular formula is C17H28N2O. The van der Waals surface area contributed by atoms with Crippen molar-refractivity contribution in [3.8, 4) is 0 Å². The number of methoxy groups -OCH3 is 1. The van der Waals surface area contributed by atoms with Crippen molar-refractivity contribution in [3.05, 3.63) is 35.9 Å². The van der Waals surface area contributed by atoms with E-state index in [2.05, 4.69) is 35.2 Å². The smallest absolute Gasteiger partial charge is 0.0491 e. The van der Waals surface area contributed by atoms with Crippen molar-refractivity contribution in [1.82, 2.24) is 4.90 Å². The number of nitrogens with two attached hydrogens (primary N) is 1. The summed E-state index contributed by atoms with van der Waals surface area (Å²) in [4.78, 5) is 2.58. The second kappa shape index (κ2) is 8.40. The lowest BCUT2D eigenvalue weighted by Gasteiger charge is -2.37. The molecule has 2 rings (SSSR count). The van der Waals surface area contributed by atoms with E-state index in [0.717, 1.165) is 31.9 Å². The van der Waals surface area contributed by atoms with E-state index in [0.29, 0.717) is 6.04 Å². The van der Waals surface area contributed by atoms with Crippen LogP contribution in [0.1, 0.15) is 24.8 Å². The average molecular weight is 276 g/mol. The van der Waals surface area contributed by atoms with Gasteiger partial charge in [0.2, 0.25) is 0 Å². The van der Waals surface area contributed by atoms with Gasteiger partial charge in [-0.3, -0.25) is 4.90 Å². The topological polar surface area (TPSA) is 38.5 Å². The highest BCUT2D eigenvalue weighted by Crippen LogP contribution is 2.20. The normalized spacial score (nSPS) is 19.1. The van der Waals surface area contributed by atoms with Crippen LogP contribution in [0.15, 0.2) is 30.3 Å². The lowest BCUT2D eigenvalue weighted by molar-refractivity contribution is 0.0791. The lowest BCUT2D eigenvalue weighted by atomic mass is 9.95. The van der Waals surface area contributed by atoms with E-state index in [1.165, 1.54) is 31.5 Å². The van der Waals surface area contributed by atoms with Crippen molar-refractivity contribution >= 4 is 0 Å². The van der Waals surface area contributed by atoms with Gasteiger partial charge in [0.05, 0.1) is 0 Å². The van der Waals surface area contributed by atoms with Gasteiger partial charge < -0.3 is 10.5 Å². The Hall–Kier alpha value is -0.900. The second-order valence-electron chi connectivity index (χ2n) is 5.85. The number of likely N-dealkylation sites (tertiary alicyclic amines) is 1. The molecule has 1 saturated heterocycles. The maximum atomic E-state index is 5.99. The number of nitrogens with zero attached hydrogens (tertiary/aromatic N) is 1. The third-order valence-corrected chi connectivity index (χ3v) is 4.45. The Bertz CT molecular complexity index is 361. The summed E-state index contributed by atoms with van der Waals surface area (Å²) in [6.07, 6.45) is 4.78. The van der Waals surface area contributed by atoms with Gasteiger partial charge in [0, 0.05) is 26.3 Å². The zero-order valence-electron chi connectivity index (χ0n) is 12.6. The van der Waals surface area contributed by atoms with Gasteiger partial charge in [0.1, 0.15) is 0 Å². The molecule has 1 atom stereocenters. The van der Waals surface area contributed by atoms with Gasteiger partial charge in [-0.05, 0) is 50.3 Å². The fourth-order valence-electron chi connectivity index (χ4n) is 3.15. The zero-order valence-corrected chi connectivity index (χ0v) is 12.6. The van der Waals surface area contributed by atoms with Crippen molar-refractivity contribution in [3.63, 3.8) is 0 Å². The van der Waals surface area contributed by atoms with Gasteiger partial charge in [0.15, 0.2) is 0 Å². The van der Waals surface area contributed by atoms with Crippen molar-refractivity contribution < 1.29 is 4.74 Å². The molecule has 1 aliphatic rings. The summed E-state index contributed by atoms with van der Waals surface area (Å²) in [5, 5.41) is 0. The summed E-state index contributed by atoms with van der Waals surface area (Å²) in [6.45, 7) is 4.02. The Morgan fingerprint density at radius 1 is 1.25 bits per heavy atom. The molecule has 3 nitrogen and oxygen atoms in total. The molecule has 1 fully saturated rings. The Kier molecular flexibility index (Phi) is 6.51. The minimum atomic E-state index is 0.527. The van der Waals surface area contributed by atoms with Gasteiger partial charge in [-0.25, -0.2) is 0 Å². The first kappa shape index (κ1) is 15.5. The number of aryl methyl sites for hydroxylation is 1. The van der Waals surface area contributed by atoms with Crippen molar-refractivity contribution in [1.29, 1.82) is 0 Å². The SMILES string of the molecule is COCC1CCN(C(CN)CCc2ccccc2)CC1. The number of hydrogen-bond acceptors (Lipinski definition) is 3. The summed E-state index contributed by atoms with van der Waals surface area (Å²) < 4.78 is 5.27. The van der Waals surface area contributed by atoms with Crippen molar-refractivity contribution in [2.24, 2.45) is 11.7 Å². The molecule has 20 heavy (non-hydrogen) atoms. The summed E-state index contributed by atoms with van der Waals surface area (Å²) >= 11 is 0. The molecule has 112 valence electrons. The fraction of sp³-hybridized carbons (Fsp3) is 0.647. The average Bonchev–Trinajstić information content (AvgIpc) is 2.51. The van der Waals surface area contributed by atoms with Gasteiger partial charge in [-0.15, -0.1) is 0 Å². The second-order valence-corrected chi connectivity index (χ2v) is 5.85. The van der Waals surface area contributed by atoms with E-state index in [-0.39, 0.29) is 0 Å². The highest BCUT2D eigenvalue weighted by Gasteiger charge is 2.23. The van der Waals surface area contributed by atoms with Crippen LogP contribution in [-0.2, 0) is 11.2 Å². The minimum Gasteiger partial charge on any atom is -0.384 e. The van der Waals surface area contributed by atoms with Crippen LogP contribution in [0, 0.1) is 5.92 Å². The molecule has 3 heteroatoms. The standard InChI is InChI=1S/C17H28N2O/c1-20-14-16-9-11-19(12-10-16)17(13-18)8-7-15-5-3-2-4-6-15/h2-6,16-17H,7-14,18H2,1H3. The van der Waals surface area contributed by atoms with E-state index in [1.807, 2.05) is 0 Å². The van der Waals surface area contributed by atoms with Crippen LogP contribution in [0.2, 0.25) is 0 Å². The lowest BCUT2D eigenvalue weighted by Crippen LogP contribution is -2.45. The maximum Gasteiger partial charge on any atom is 0.0491 e. The third-order valence-electron chi connectivity index (χ3n) is 4.45. The fourth-order valence-corrected chi connectivity index (χ4v) is 3.15.